The molecule has 0 aliphatic heterocycles. The van der Waals surface area contributed by atoms with Gasteiger partial charge in [0.25, 0.3) is 0 Å². The quantitative estimate of drug-likeness (QED) is 0.413. The van der Waals surface area contributed by atoms with Gasteiger partial charge in [-0.1, -0.05) is 46.3 Å². The van der Waals surface area contributed by atoms with E-state index >= 15 is 0 Å². The lowest BCUT2D eigenvalue weighted by molar-refractivity contribution is -0.120. The van der Waals surface area contributed by atoms with Crippen LogP contribution in [-0.4, -0.2) is 11.9 Å². The zero-order valence-electron chi connectivity index (χ0n) is 16.2. The van der Waals surface area contributed by atoms with Gasteiger partial charge in [-0.25, -0.2) is 4.39 Å². The highest BCUT2D eigenvalue weighted by Gasteiger charge is 2.13. The van der Waals surface area contributed by atoms with Crippen LogP contribution in [0.5, 0.6) is 5.75 Å². The molecule has 0 aliphatic rings. The van der Waals surface area contributed by atoms with Crippen molar-refractivity contribution in [2.45, 2.75) is 20.0 Å². The highest BCUT2D eigenvalue weighted by atomic mass is 79.9. The van der Waals surface area contributed by atoms with E-state index < -0.39 is 11.9 Å². The molecular weight excluding hydrogens is 433 g/mol. The van der Waals surface area contributed by atoms with Crippen LogP contribution in [0, 0.1) is 12.7 Å². The average molecular weight is 454 g/mol. The summed E-state index contributed by atoms with van der Waals surface area (Å²) < 4.78 is 21.1. The third kappa shape index (κ3) is 5.55. The monoisotopic (exact) mass is 453 g/mol. The molecule has 0 saturated carbocycles. The van der Waals surface area contributed by atoms with Crippen molar-refractivity contribution in [2.24, 2.45) is 0 Å². The molecule has 1 atom stereocenters. The van der Waals surface area contributed by atoms with E-state index in [1.165, 1.54) is 12.1 Å². The molecule has 1 N–H and O–H groups in total. The Kier molecular flexibility index (Phi) is 6.83. The lowest BCUT2D eigenvalue weighted by Crippen LogP contribution is -2.22. The molecule has 3 aromatic carbocycles. The second kappa shape index (κ2) is 9.52. The largest absolute Gasteiger partial charge is 0.482 e. The summed E-state index contributed by atoms with van der Waals surface area (Å²) in [5, 5.41) is 3.06. The van der Waals surface area contributed by atoms with Gasteiger partial charge in [0, 0.05) is 34.1 Å². The van der Waals surface area contributed by atoms with E-state index in [-0.39, 0.29) is 5.78 Å². The number of aryl methyl sites for hydroxylation is 1. The minimum atomic E-state index is -0.735. The normalized spacial score (nSPS) is 12.0. The molecule has 3 rings (SSSR count). The van der Waals surface area contributed by atoms with Gasteiger partial charge in [-0.3, -0.25) is 4.79 Å². The minimum Gasteiger partial charge on any atom is -0.482 e. The van der Waals surface area contributed by atoms with E-state index in [9.17, 15) is 9.18 Å². The van der Waals surface area contributed by atoms with Crippen molar-refractivity contribution in [3.8, 4) is 16.9 Å². The summed E-state index contributed by atoms with van der Waals surface area (Å²) in [5.41, 5.74) is 3.25. The molecule has 3 aromatic rings. The van der Waals surface area contributed by atoms with Gasteiger partial charge in [-0.05, 0) is 55.3 Å². The summed E-state index contributed by atoms with van der Waals surface area (Å²) in [6.07, 6.45) is 2.25. The van der Waals surface area contributed by atoms with Crippen LogP contribution in [0.25, 0.3) is 11.1 Å². The van der Waals surface area contributed by atoms with Gasteiger partial charge in [-0.2, -0.15) is 0 Å². The van der Waals surface area contributed by atoms with E-state index in [1.54, 1.807) is 25.3 Å². The molecule has 29 heavy (non-hydrogen) atoms. The first-order valence-corrected chi connectivity index (χ1v) is 9.98. The van der Waals surface area contributed by atoms with Gasteiger partial charge in [0.2, 0.25) is 0 Å². The summed E-state index contributed by atoms with van der Waals surface area (Å²) >= 11 is 3.45. The van der Waals surface area contributed by atoms with Crippen LogP contribution >= 0.6 is 15.9 Å². The number of carbonyl (C=O) groups is 1. The fourth-order valence-electron chi connectivity index (χ4n) is 2.77. The number of hydrogen-bond donors (Lipinski definition) is 1. The molecule has 0 aliphatic carbocycles. The van der Waals surface area contributed by atoms with E-state index in [0.717, 1.165) is 21.3 Å². The van der Waals surface area contributed by atoms with Gasteiger partial charge in [-0.15, -0.1) is 0 Å². The predicted octanol–water partition coefficient (Wildman–Crippen LogP) is 6.53. The van der Waals surface area contributed by atoms with E-state index in [2.05, 4.69) is 21.2 Å². The van der Waals surface area contributed by atoms with Crippen LogP contribution in [-0.2, 0) is 4.79 Å². The van der Waals surface area contributed by atoms with E-state index in [1.807, 2.05) is 55.5 Å². The van der Waals surface area contributed by atoms with Crippen LogP contribution in [0.4, 0.5) is 10.1 Å². The van der Waals surface area contributed by atoms with Gasteiger partial charge in [0.1, 0.15) is 11.6 Å². The number of benzene rings is 3. The predicted molar refractivity (Wildman–Crippen MR) is 119 cm³/mol. The maximum Gasteiger partial charge on any atom is 0.197 e. The Morgan fingerprint density at radius 3 is 2.55 bits per heavy atom. The highest BCUT2D eigenvalue weighted by Crippen LogP contribution is 2.26. The molecule has 0 amide bonds. The SMILES string of the molecule is Cc1cc(NC=CC(=O)C(C)Oc2ccc(-c3ccccc3)c(F)c2)ccc1Br. The molecule has 0 bridgehead atoms. The Hall–Kier alpha value is -2.92. The Labute approximate surface area is 178 Å². The van der Waals surface area contributed by atoms with Gasteiger partial charge in [0.05, 0.1) is 0 Å². The van der Waals surface area contributed by atoms with Crippen LogP contribution in [0.3, 0.4) is 0 Å². The summed E-state index contributed by atoms with van der Waals surface area (Å²) in [4.78, 5) is 12.3. The van der Waals surface area contributed by atoms with Crippen LogP contribution in [0.2, 0.25) is 0 Å². The number of ketones is 1. The van der Waals surface area contributed by atoms with Gasteiger partial charge in [0.15, 0.2) is 11.9 Å². The number of carbonyl (C=O) groups excluding carboxylic acids is 1. The Morgan fingerprint density at radius 2 is 1.86 bits per heavy atom. The molecule has 1 unspecified atom stereocenters. The summed E-state index contributed by atoms with van der Waals surface area (Å²) in [7, 11) is 0. The number of halogens is 2. The standard InChI is InChI=1S/C24H21BrFNO2/c1-16-14-19(8-11-22(16)25)27-13-12-24(28)17(2)29-20-9-10-21(23(26)15-20)18-6-4-3-5-7-18/h3-15,17,27H,1-2H3. The molecule has 0 saturated heterocycles. The van der Waals surface area contributed by atoms with E-state index in [0.29, 0.717) is 11.3 Å². The Balaban J connectivity index is 1.60. The molecule has 0 heterocycles. The smallest absolute Gasteiger partial charge is 0.197 e. The number of rotatable bonds is 7. The topological polar surface area (TPSA) is 38.3 Å². The lowest BCUT2D eigenvalue weighted by Gasteiger charge is -2.13. The zero-order chi connectivity index (χ0) is 20.8. The van der Waals surface area contributed by atoms with E-state index in [4.69, 9.17) is 4.74 Å². The molecule has 5 heteroatoms. The fourth-order valence-corrected chi connectivity index (χ4v) is 3.02. The van der Waals surface area contributed by atoms with Crippen molar-refractivity contribution in [2.75, 3.05) is 5.32 Å². The lowest BCUT2D eigenvalue weighted by atomic mass is 10.1. The number of ether oxygens (including phenoxy) is 1. The van der Waals surface area contributed by atoms with Crippen molar-refractivity contribution in [1.82, 2.24) is 0 Å². The number of nitrogens with one attached hydrogen (secondary N) is 1. The highest BCUT2D eigenvalue weighted by molar-refractivity contribution is 9.10. The number of anilines is 1. The van der Waals surface area contributed by atoms with Crippen molar-refractivity contribution in [3.63, 3.8) is 0 Å². The summed E-state index contributed by atoms with van der Waals surface area (Å²) in [6, 6.07) is 19.7. The molecule has 0 spiro atoms. The third-order valence-electron chi connectivity index (χ3n) is 4.39. The maximum absolute atomic E-state index is 14.4. The Morgan fingerprint density at radius 1 is 1.10 bits per heavy atom. The Bertz CT molecular complexity index is 1030. The maximum atomic E-state index is 14.4. The summed E-state index contributed by atoms with van der Waals surface area (Å²) in [5.74, 6) is -0.303. The fraction of sp³-hybridized carbons (Fsp3) is 0.125. The van der Waals surface area contributed by atoms with Crippen LogP contribution in [0.15, 0.2) is 83.5 Å². The molecule has 3 nitrogen and oxygen atoms in total. The molecule has 148 valence electrons. The van der Waals surface area contributed by atoms with Gasteiger partial charge < -0.3 is 10.1 Å². The second-order valence-electron chi connectivity index (χ2n) is 6.61. The second-order valence-corrected chi connectivity index (χ2v) is 7.47. The van der Waals surface area contributed by atoms with Crippen molar-refractivity contribution >= 4 is 27.4 Å². The molecule has 0 fully saturated rings. The molecule has 0 aromatic heterocycles. The van der Waals surface area contributed by atoms with Crippen LogP contribution in [0.1, 0.15) is 12.5 Å². The molecule has 0 radical (unpaired) electrons. The van der Waals surface area contributed by atoms with Crippen molar-refractivity contribution in [1.29, 1.82) is 0 Å². The van der Waals surface area contributed by atoms with Crippen molar-refractivity contribution in [3.05, 3.63) is 94.9 Å². The average Bonchev–Trinajstić information content (AvgIpc) is 2.71. The first-order chi connectivity index (χ1) is 13.9. The number of hydrogen-bond acceptors (Lipinski definition) is 3. The molecular formula is C24H21BrFNO2. The first kappa shape index (κ1) is 20.8. The van der Waals surface area contributed by atoms with Gasteiger partial charge >= 0.3 is 0 Å². The first-order valence-electron chi connectivity index (χ1n) is 9.19. The van der Waals surface area contributed by atoms with Crippen molar-refractivity contribution < 1.29 is 13.9 Å². The summed E-state index contributed by atoms with van der Waals surface area (Å²) in [6.45, 7) is 3.63. The zero-order valence-corrected chi connectivity index (χ0v) is 17.7. The van der Waals surface area contributed by atoms with Crippen LogP contribution < -0.4 is 10.1 Å². The third-order valence-corrected chi connectivity index (χ3v) is 5.28. The minimum absolute atomic E-state index is 0.223.